The fraction of sp³-hybridized carbons (Fsp3) is 0.143. The first-order chi connectivity index (χ1) is 13.8. The molecule has 0 aliphatic rings. The summed E-state index contributed by atoms with van der Waals surface area (Å²) in [5.74, 6) is 0. The predicted octanol–water partition coefficient (Wildman–Crippen LogP) is 4.61. The van der Waals surface area contributed by atoms with Gasteiger partial charge in [-0.25, -0.2) is 0 Å². The molecule has 3 N–H and O–H groups in total. The van der Waals surface area contributed by atoms with Crippen molar-refractivity contribution in [2.24, 2.45) is 0 Å². The van der Waals surface area contributed by atoms with Crippen LogP contribution in [0.1, 0.15) is 16.7 Å². The first kappa shape index (κ1) is 20.6. The number of anilines is 1. The Hall–Kier alpha value is -3.13. The van der Waals surface area contributed by atoms with Gasteiger partial charge < -0.3 is 15.6 Å². The van der Waals surface area contributed by atoms with Crippen LogP contribution in [0.3, 0.4) is 0 Å². The Balaban J connectivity index is 1.81. The summed E-state index contributed by atoms with van der Waals surface area (Å²) in [6, 6.07) is 12.7. The Bertz CT molecular complexity index is 1100. The van der Waals surface area contributed by atoms with Crippen molar-refractivity contribution in [3.8, 4) is 0 Å². The Labute approximate surface area is 170 Å². The molecule has 3 rings (SSSR count). The van der Waals surface area contributed by atoms with E-state index in [0.29, 0.717) is 29.7 Å². The van der Waals surface area contributed by atoms with E-state index in [4.69, 9.17) is 12.2 Å². The second-order valence-corrected chi connectivity index (χ2v) is 6.83. The molecule has 4 nitrogen and oxygen atoms in total. The van der Waals surface area contributed by atoms with Crippen molar-refractivity contribution in [3.63, 3.8) is 0 Å². The van der Waals surface area contributed by atoms with Crippen molar-refractivity contribution in [3.05, 3.63) is 88.2 Å². The highest BCUT2D eigenvalue weighted by Crippen LogP contribution is 2.33. The Morgan fingerprint density at radius 3 is 2.45 bits per heavy atom. The average Bonchev–Trinajstić information content (AvgIpc) is 2.67. The van der Waals surface area contributed by atoms with Crippen molar-refractivity contribution < 1.29 is 13.2 Å². The van der Waals surface area contributed by atoms with Crippen molar-refractivity contribution in [2.75, 3.05) is 11.9 Å². The number of nitrogens with one attached hydrogen (secondary N) is 3. The molecule has 0 aliphatic heterocycles. The normalized spacial score (nSPS) is 11.3. The highest BCUT2D eigenvalue weighted by molar-refractivity contribution is 7.80. The number of rotatable bonds is 5. The molecule has 150 valence electrons. The quantitative estimate of drug-likeness (QED) is 0.419. The summed E-state index contributed by atoms with van der Waals surface area (Å²) in [5, 5.41) is 6.45. The van der Waals surface area contributed by atoms with Crippen LogP contribution in [-0.4, -0.2) is 16.6 Å². The van der Waals surface area contributed by atoms with Crippen molar-refractivity contribution in [1.29, 1.82) is 0 Å². The van der Waals surface area contributed by atoms with E-state index in [-0.39, 0.29) is 10.9 Å². The molecule has 0 aliphatic carbocycles. The van der Waals surface area contributed by atoms with Crippen LogP contribution in [0.5, 0.6) is 0 Å². The molecular weight excluding hydrogens is 399 g/mol. The Morgan fingerprint density at radius 2 is 1.79 bits per heavy atom. The largest absolute Gasteiger partial charge is 0.417 e. The second-order valence-electron chi connectivity index (χ2n) is 6.42. The molecule has 0 saturated heterocycles. The van der Waals surface area contributed by atoms with Crippen LogP contribution in [0.15, 0.2) is 66.0 Å². The van der Waals surface area contributed by atoms with Gasteiger partial charge in [-0.1, -0.05) is 24.3 Å². The number of pyridine rings is 1. The van der Waals surface area contributed by atoms with Crippen LogP contribution < -0.4 is 16.2 Å². The van der Waals surface area contributed by atoms with Crippen molar-refractivity contribution in [1.82, 2.24) is 10.3 Å². The summed E-state index contributed by atoms with van der Waals surface area (Å²) >= 11 is 5.15. The number of fused-ring (bicyclic) bond motifs is 1. The SMILES string of the molecule is C=CCNC(=S)Nc1ccc(Cc2ccc3[nH]c(=O)cc(C(F)(F)F)c3c2)cc1. The molecule has 0 radical (unpaired) electrons. The van der Waals surface area contributed by atoms with Crippen LogP contribution in [0.2, 0.25) is 0 Å². The molecule has 8 heteroatoms. The smallest absolute Gasteiger partial charge is 0.359 e. The Kier molecular flexibility index (Phi) is 6.03. The average molecular weight is 417 g/mol. The van der Waals surface area contributed by atoms with Gasteiger partial charge in [-0.2, -0.15) is 13.2 Å². The number of halogens is 3. The summed E-state index contributed by atoms with van der Waals surface area (Å²) in [6.07, 6.45) is -2.46. The number of thiocarbonyl (C=S) groups is 1. The lowest BCUT2D eigenvalue weighted by Crippen LogP contribution is -2.28. The molecule has 0 spiro atoms. The summed E-state index contributed by atoms with van der Waals surface area (Å²) < 4.78 is 39.9. The minimum atomic E-state index is -4.60. The maximum Gasteiger partial charge on any atom is 0.417 e. The maximum absolute atomic E-state index is 13.3. The van der Waals surface area contributed by atoms with Crippen LogP contribution >= 0.6 is 12.2 Å². The first-order valence-electron chi connectivity index (χ1n) is 8.74. The summed E-state index contributed by atoms with van der Waals surface area (Å²) in [7, 11) is 0. The van der Waals surface area contributed by atoms with Gasteiger partial charge >= 0.3 is 6.18 Å². The van der Waals surface area contributed by atoms with Gasteiger partial charge in [0, 0.05) is 29.2 Å². The lowest BCUT2D eigenvalue weighted by molar-refractivity contribution is -0.136. The molecule has 0 fully saturated rings. The van der Waals surface area contributed by atoms with E-state index >= 15 is 0 Å². The van der Waals surface area contributed by atoms with Gasteiger partial charge in [0.25, 0.3) is 0 Å². The molecular formula is C21H18F3N3OS. The van der Waals surface area contributed by atoms with E-state index in [1.165, 1.54) is 12.1 Å². The van der Waals surface area contributed by atoms with Gasteiger partial charge in [0.2, 0.25) is 5.56 Å². The highest BCUT2D eigenvalue weighted by atomic mass is 32.1. The molecule has 2 aromatic carbocycles. The number of aromatic amines is 1. The molecule has 0 unspecified atom stereocenters. The molecule has 0 bridgehead atoms. The zero-order valence-electron chi connectivity index (χ0n) is 15.3. The lowest BCUT2D eigenvalue weighted by Gasteiger charge is -2.12. The van der Waals surface area contributed by atoms with Gasteiger partial charge in [-0.3, -0.25) is 4.79 Å². The van der Waals surface area contributed by atoms with E-state index in [0.717, 1.165) is 11.3 Å². The fourth-order valence-electron chi connectivity index (χ4n) is 2.93. The van der Waals surface area contributed by atoms with Gasteiger partial charge in [0.15, 0.2) is 5.11 Å². The number of aromatic nitrogens is 1. The predicted molar refractivity (Wildman–Crippen MR) is 113 cm³/mol. The van der Waals surface area contributed by atoms with Crippen LogP contribution in [-0.2, 0) is 12.6 Å². The molecule has 3 aromatic rings. The van der Waals surface area contributed by atoms with Gasteiger partial charge in [-0.05, 0) is 54.0 Å². The highest BCUT2D eigenvalue weighted by Gasteiger charge is 2.33. The van der Waals surface area contributed by atoms with Crippen LogP contribution in [0.25, 0.3) is 10.9 Å². The monoisotopic (exact) mass is 417 g/mol. The number of hydrogen-bond acceptors (Lipinski definition) is 2. The molecule has 0 saturated carbocycles. The maximum atomic E-state index is 13.3. The van der Waals surface area contributed by atoms with Crippen LogP contribution in [0.4, 0.5) is 18.9 Å². The molecule has 0 amide bonds. The molecule has 1 heterocycles. The summed E-state index contributed by atoms with van der Waals surface area (Å²) in [5.41, 5.74) is 0.885. The van der Waals surface area contributed by atoms with E-state index in [2.05, 4.69) is 22.2 Å². The topological polar surface area (TPSA) is 56.9 Å². The number of benzene rings is 2. The van der Waals surface area contributed by atoms with E-state index in [9.17, 15) is 18.0 Å². The molecule has 1 aromatic heterocycles. The standard InChI is InChI=1S/C21H18F3N3OS/c1-2-9-25-20(29)26-15-6-3-13(4-7-15)10-14-5-8-18-16(11-14)17(21(22,23)24)12-19(28)27-18/h2-8,11-12H,1,9-10H2,(H,27,28)(H2,25,26,29). The van der Waals surface area contributed by atoms with E-state index < -0.39 is 17.3 Å². The molecule has 29 heavy (non-hydrogen) atoms. The lowest BCUT2D eigenvalue weighted by atomic mass is 10.0. The van der Waals surface area contributed by atoms with Crippen molar-refractivity contribution in [2.45, 2.75) is 12.6 Å². The number of H-pyrrole nitrogens is 1. The van der Waals surface area contributed by atoms with Gasteiger partial charge in [0.1, 0.15) is 0 Å². The second kappa shape index (κ2) is 8.48. The minimum Gasteiger partial charge on any atom is -0.359 e. The number of alkyl halides is 3. The fourth-order valence-corrected chi connectivity index (χ4v) is 3.13. The van der Waals surface area contributed by atoms with E-state index in [1.54, 1.807) is 12.1 Å². The zero-order chi connectivity index (χ0) is 21.0. The van der Waals surface area contributed by atoms with Gasteiger partial charge in [0.05, 0.1) is 5.56 Å². The summed E-state index contributed by atoms with van der Waals surface area (Å²) in [6.45, 7) is 4.16. The Morgan fingerprint density at radius 1 is 1.10 bits per heavy atom. The molecule has 0 atom stereocenters. The first-order valence-corrected chi connectivity index (χ1v) is 9.15. The zero-order valence-corrected chi connectivity index (χ0v) is 16.1. The number of hydrogen-bond donors (Lipinski definition) is 3. The van der Waals surface area contributed by atoms with Crippen LogP contribution in [0, 0.1) is 0 Å². The van der Waals surface area contributed by atoms with Crippen molar-refractivity contribution >= 4 is 33.9 Å². The third-order valence-electron chi connectivity index (χ3n) is 4.24. The van der Waals surface area contributed by atoms with Gasteiger partial charge in [-0.15, -0.1) is 6.58 Å². The minimum absolute atomic E-state index is 0.0217. The third-order valence-corrected chi connectivity index (χ3v) is 4.49. The third kappa shape index (κ3) is 5.23. The van der Waals surface area contributed by atoms with E-state index in [1.807, 2.05) is 24.3 Å². The summed E-state index contributed by atoms with van der Waals surface area (Å²) in [4.78, 5) is 14.0.